The van der Waals surface area contributed by atoms with Crippen molar-refractivity contribution in [3.63, 3.8) is 0 Å². The Morgan fingerprint density at radius 2 is 2.04 bits per heavy atom. The lowest BCUT2D eigenvalue weighted by Crippen LogP contribution is -1.95. The Morgan fingerprint density at radius 1 is 1.07 bits per heavy atom. The number of rotatable bonds is 4. The van der Waals surface area contributed by atoms with E-state index in [2.05, 4.69) is 31.2 Å². The van der Waals surface area contributed by atoms with Gasteiger partial charge in [-0.25, -0.2) is 4.98 Å². The lowest BCUT2D eigenvalue weighted by atomic mass is 10.1. The van der Waals surface area contributed by atoms with Gasteiger partial charge in [0.15, 0.2) is 5.82 Å². The minimum Gasteiger partial charge on any atom is -0.489 e. The molecule has 3 aromatic heterocycles. The van der Waals surface area contributed by atoms with Crippen LogP contribution in [0.15, 0.2) is 60.9 Å². The van der Waals surface area contributed by atoms with E-state index in [1.807, 2.05) is 42.5 Å². The van der Waals surface area contributed by atoms with E-state index in [-0.39, 0.29) is 0 Å². The number of fused-ring (bicyclic) bond motifs is 2. The van der Waals surface area contributed by atoms with Crippen molar-refractivity contribution in [3.05, 3.63) is 72.1 Å². The van der Waals surface area contributed by atoms with Crippen LogP contribution in [0.4, 0.5) is 0 Å². The molecular formula is C21H14N6O. The van der Waals surface area contributed by atoms with Gasteiger partial charge < -0.3 is 9.72 Å². The average Bonchev–Trinajstić information content (AvgIpc) is 3.35. The van der Waals surface area contributed by atoms with E-state index in [4.69, 9.17) is 10.00 Å². The summed E-state index contributed by atoms with van der Waals surface area (Å²) in [7, 11) is 0. The van der Waals surface area contributed by atoms with Crippen LogP contribution in [0.3, 0.4) is 0 Å². The van der Waals surface area contributed by atoms with Crippen molar-refractivity contribution in [3.8, 4) is 23.3 Å². The van der Waals surface area contributed by atoms with Gasteiger partial charge in [0.25, 0.3) is 0 Å². The first-order valence-corrected chi connectivity index (χ1v) is 8.70. The molecule has 0 atom stereocenters. The van der Waals surface area contributed by atoms with Crippen molar-refractivity contribution >= 4 is 21.9 Å². The SMILES string of the molecule is N#Cc1ccc2[nH]nc(-c3nc4ccc(OCc5cccnc5)cc4[nH]3)c2c1. The van der Waals surface area contributed by atoms with Gasteiger partial charge in [0.1, 0.15) is 18.1 Å². The number of nitrogens with one attached hydrogen (secondary N) is 2. The third kappa shape index (κ3) is 2.83. The number of ether oxygens (including phenoxy) is 1. The molecule has 5 aromatic rings. The van der Waals surface area contributed by atoms with Crippen molar-refractivity contribution in [1.82, 2.24) is 25.1 Å². The monoisotopic (exact) mass is 366 g/mol. The Labute approximate surface area is 159 Å². The molecule has 0 aliphatic rings. The fraction of sp³-hybridized carbons (Fsp3) is 0.0476. The first-order chi connectivity index (χ1) is 13.8. The topological polar surface area (TPSA) is 103 Å². The second kappa shape index (κ2) is 6.52. The van der Waals surface area contributed by atoms with Crippen molar-refractivity contribution < 1.29 is 4.74 Å². The van der Waals surface area contributed by atoms with Gasteiger partial charge in [-0.3, -0.25) is 10.1 Å². The molecular weight excluding hydrogens is 352 g/mol. The molecule has 7 heteroatoms. The predicted octanol–water partition coefficient (Wildman–Crippen LogP) is 3.95. The van der Waals surface area contributed by atoms with Crippen LogP contribution >= 0.6 is 0 Å². The second-order valence-corrected chi connectivity index (χ2v) is 6.36. The quantitative estimate of drug-likeness (QED) is 0.501. The first-order valence-electron chi connectivity index (χ1n) is 8.70. The molecule has 7 nitrogen and oxygen atoms in total. The summed E-state index contributed by atoms with van der Waals surface area (Å²) in [5, 5.41) is 17.4. The third-order valence-corrected chi connectivity index (χ3v) is 4.50. The normalized spacial score (nSPS) is 11.0. The smallest absolute Gasteiger partial charge is 0.159 e. The molecule has 0 amide bonds. The highest BCUT2D eigenvalue weighted by molar-refractivity contribution is 5.93. The molecule has 0 spiro atoms. The van der Waals surface area contributed by atoms with Crippen molar-refractivity contribution in [2.45, 2.75) is 6.61 Å². The molecule has 0 unspecified atom stereocenters. The highest BCUT2D eigenvalue weighted by atomic mass is 16.5. The predicted molar refractivity (Wildman–Crippen MR) is 104 cm³/mol. The van der Waals surface area contributed by atoms with Gasteiger partial charge in [-0.1, -0.05) is 6.07 Å². The lowest BCUT2D eigenvalue weighted by molar-refractivity contribution is 0.306. The molecule has 0 fully saturated rings. The summed E-state index contributed by atoms with van der Waals surface area (Å²) in [6, 6.07) is 17.1. The maximum Gasteiger partial charge on any atom is 0.159 e. The minimum absolute atomic E-state index is 0.446. The zero-order valence-corrected chi connectivity index (χ0v) is 14.7. The van der Waals surface area contributed by atoms with Gasteiger partial charge in [-0.15, -0.1) is 0 Å². The van der Waals surface area contributed by atoms with Crippen LogP contribution in [-0.2, 0) is 6.61 Å². The van der Waals surface area contributed by atoms with Crippen LogP contribution in [0.1, 0.15) is 11.1 Å². The summed E-state index contributed by atoms with van der Waals surface area (Å²) in [5.74, 6) is 1.38. The molecule has 0 saturated heterocycles. The minimum atomic E-state index is 0.446. The van der Waals surface area contributed by atoms with Gasteiger partial charge in [-0.2, -0.15) is 10.4 Å². The number of benzene rings is 2. The summed E-state index contributed by atoms with van der Waals surface area (Å²) in [4.78, 5) is 12.0. The van der Waals surface area contributed by atoms with E-state index in [0.717, 1.165) is 33.2 Å². The average molecular weight is 366 g/mol. The largest absolute Gasteiger partial charge is 0.489 e. The van der Waals surface area contributed by atoms with Crippen molar-refractivity contribution in [2.75, 3.05) is 0 Å². The molecule has 0 aliphatic heterocycles. The number of nitriles is 1. The molecule has 2 N–H and O–H groups in total. The first kappa shape index (κ1) is 16.0. The van der Waals surface area contributed by atoms with Crippen molar-refractivity contribution in [2.24, 2.45) is 0 Å². The lowest BCUT2D eigenvalue weighted by Gasteiger charge is -2.05. The van der Waals surface area contributed by atoms with Gasteiger partial charge in [0.2, 0.25) is 0 Å². The van der Waals surface area contributed by atoms with E-state index >= 15 is 0 Å². The van der Waals surface area contributed by atoms with Gasteiger partial charge in [0.05, 0.1) is 28.2 Å². The number of aromatic nitrogens is 5. The number of hydrogen-bond donors (Lipinski definition) is 2. The summed E-state index contributed by atoms with van der Waals surface area (Å²) in [6.45, 7) is 0.446. The van der Waals surface area contributed by atoms with Crippen LogP contribution in [0.2, 0.25) is 0 Å². The summed E-state index contributed by atoms with van der Waals surface area (Å²) >= 11 is 0. The van der Waals surface area contributed by atoms with Crippen LogP contribution in [-0.4, -0.2) is 25.1 Å². The Kier molecular flexibility index (Phi) is 3.73. The van der Waals surface area contributed by atoms with Gasteiger partial charge >= 0.3 is 0 Å². The van der Waals surface area contributed by atoms with Gasteiger partial charge in [-0.05, 0) is 36.4 Å². The zero-order valence-electron chi connectivity index (χ0n) is 14.7. The van der Waals surface area contributed by atoms with Crippen LogP contribution in [0.5, 0.6) is 5.75 Å². The Hall–Kier alpha value is -4.18. The molecule has 0 saturated carbocycles. The van der Waals surface area contributed by atoms with Crippen LogP contribution < -0.4 is 4.74 Å². The zero-order chi connectivity index (χ0) is 18.9. The van der Waals surface area contributed by atoms with Crippen LogP contribution in [0, 0.1) is 11.3 Å². The van der Waals surface area contributed by atoms with E-state index < -0.39 is 0 Å². The highest BCUT2D eigenvalue weighted by Gasteiger charge is 2.13. The van der Waals surface area contributed by atoms with Crippen LogP contribution in [0.25, 0.3) is 33.5 Å². The summed E-state index contributed by atoms with van der Waals surface area (Å²) in [6.07, 6.45) is 3.52. The Bertz CT molecular complexity index is 1330. The fourth-order valence-electron chi connectivity index (χ4n) is 3.10. The molecule has 134 valence electrons. The third-order valence-electron chi connectivity index (χ3n) is 4.50. The number of aromatic amines is 2. The molecule has 0 bridgehead atoms. The Balaban J connectivity index is 1.48. The van der Waals surface area contributed by atoms with E-state index in [1.165, 1.54) is 0 Å². The number of hydrogen-bond acceptors (Lipinski definition) is 5. The number of nitrogens with zero attached hydrogens (tertiary/aromatic N) is 4. The molecule has 0 radical (unpaired) electrons. The van der Waals surface area contributed by atoms with Crippen molar-refractivity contribution in [1.29, 1.82) is 5.26 Å². The summed E-state index contributed by atoms with van der Waals surface area (Å²) in [5.41, 5.74) is 4.79. The summed E-state index contributed by atoms with van der Waals surface area (Å²) < 4.78 is 5.86. The fourth-order valence-corrected chi connectivity index (χ4v) is 3.10. The second-order valence-electron chi connectivity index (χ2n) is 6.36. The van der Waals surface area contributed by atoms with E-state index in [1.54, 1.807) is 18.5 Å². The van der Waals surface area contributed by atoms with E-state index in [9.17, 15) is 0 Å². The molecule has 2 aromatic carbocycles. The number of H-pyrrole nitrogens is 2. The maximum atomic E-state index is 9.15. The molecule has 28 heavy (non-hydrogen) atoms. The highest BCUT2D eigenvalue weighted by Crippen LogP contribution is 2.28. The number of pyridine rings is 1. The standard InChI is InChI=1S/C21H14N6O/c22-10-13-3-5-17-16(8-13)20(27-26-17)21-24-18-6-4-15(9-19(18)25-21)28-12-14-2-1-7-23-11-14/h1-9,11H,12H2,(H,24,25)(H,26,27). The Morgan fingerprint density at radius 3 is 2.89 bits per heavy atom. The molecule has 3 heterocycles. The maximum absolute atomic E-state index is 9.15. The van der Waals surface area contributed by atoms with E-state index in [0.29, 0.717) is 23.7 Å². The molecule has 5 rings (SSSR count). The molecule has 0 aliphatic carbocycles. The van der Waals surface area contributed by atoms with Gasteiger partial charge in [0, 0.05) is 29.4 Å². The number of imidazole rings is 1.